The van der Waals surface area contributed by atoms with E-state index in [-0.39, 0.29) is 5.97 Å². The first-order valence-corrected chi connectivity index (χ1v) is 5.48. The maximum absolute atomic E-state index is 11.0. The van der Waals surface area contributed by atoms with E-state index < -0.39 is 6.04 Å². The van der Waals surface area contributed by atoms with E-state index in [4.69, 9.17) is 10.5 Å². The molecule has 76 valence electrons. The number of carbonyl (C=O) groups is 1. The van der Waals surface area contributed by atoms with E-state index in [1.54, 1.807) is 18.7 Å². The minimum Gasteiger partial charge on any atom is -0.465 e. The summed E-state index contributed by atoms with van der Waals surface area (Å²) in [5, 5.41) is 0. The van der Waals surface area contributed by atoms with Gasteiger partial charge in [0.05, 0.1) is 6.61 Å². The van der Waals surface area contributed by atoms with Crippen molar-refractivity contribution < 1.29 is 9.53 Å². The standard InChI is InChI=1S/C9H17NO2S/c1-3-6-13-7-5-8(10)9(11)12-4-2/h3,8H,1,4-7,10H2,2H3. The number of carbonyl (C=O) groups excluding carboxylic acids is 1. The van der Waals surface area contributed by atoms with Gasteiger partial charge in [-0.25, -0.2) is 0 Å². The second-order valence-electron chi connectivity index (χ2n) is 2.51. The largest absolute Gasteiger partial charge is 0.465 e. The molecule has 0 aromatic heterocycles. The molecular formula is C9H17NO2S. The van der Waals surface area contributed by atoms with Gasteiger partial charge in [0.1, 0.15) is 6.04 Å². The van der Waals surface area contributed by atoms with Crippen LogP contribution in [-0.2, 0) is 9.53 Å². The summed E-state index contributed by atoms with van der Waals surface area (Å²) in [6.07, 6.45) is 2.50. The number of thioether (sulfide) groups is 1. The van der Waals surface area contributed by atoms with E-state index in [1.807, 2.05) is 6.08 Å². The van der Waals surface area contributed by atoms with E-state index in [1.165, 1.54) is 0 Å². The third kappa shape index (κ3) is 6.66. The van der Waals surface area contributed by atoms with Crippen LogP contribution in [0.15, 0.2) is 12.7 Å². The maximum atomic E-state index is 11.0. The zero-order chi connectivity index (χ0) is 10.1. The van der Waals surface area contributed by atoms with Gasteiger partial charge in [0.15, 0.2) is 0 Å². The van der Waals surface area contributed by atoms with Gasteiger partial charge in [0.2, 0.25) is 0 Å². The highest BCUT2D eigenvalue weighted by Crippen LogP contribution is 2.04. The summed E-state index contributed by atoms with van der Waals surface area (Å²) < 4.78 is 4.77. The molecule has 0 fully saturated rings. The Balaban J connectivity index is 3.43. The Kier molecular flexibility index (Phi) is 7.83. The lowest BCUT2D eigenvalue weighted by Gasteiger charge is -2.09. The topological polar surface area (TPSA) is 52.3 Å². The summed E-state index contributed by atoms with van der Waals surface area (Å²) in [5.41, 5.74) is 5.57. The SMILES string of the molecule is C=CCSCCC(N)C(=O)OCC. The van der Waals surface area contributed by atoms with Crippen LogP contribution in [0.2, 0.25) is 0 Å². The van der Waals surface area contributed by atoms with Gasteiger partial charge in [-0.2, -0.15) is 11.8 Å². The van der Waals surface area contributed by atoms with Crippen molar-refractivity contribution in [1.82, 2.24) is 0 Å². The molecule has 0 heterocycles. The summed E-state index contributed by atoms with van der Waals surface area (Å²) in [6.45, 7) is 5.77. The zero-order valence-corrected chi connectivity index (χ0v) is 8.81. The van der Waals surface area contributed by atoms with Gasteiger partial charge >= 0.3 is 5.97 Å². The van der Waals surface area contributed by atoms with E-state index in [2.05, 4.69) is 6.58 Å². The molecule has 1 unspecified atom stereocenters. The van der Waals surface area contributed by atoms with Gasteiger partial charge in [0.25, 0.3) is 0 Å². The Morgan fingerprint density at radius 3 is 3.00 bits per heavy atom. The molecule has 0 aromatic rings. The Bertz CT molecular complexity index is 162. The first-order chi connectivity index (χ1) is 6.22. The molecule has 4 heteroatoms. The quantitative estimate of drug-likeness (QED) is 0.383. The van der Waals surface area contributed by atoms with Crippen LogP contribution in [0.25, 0.3) is 0 Å². The Morgan fingerprint density at radius 2 is 2.46 bits per heavy atom. The predicted octanol–water partition coefficient (Wildman–Crippen LogP) is 1.19. The van der Waals surface area contributed by atoms with Gasteiger partial charge in [0, 0.05) is 5.75 Å². The van der Waals surface area contributed by atoms with Crippen LogP contribution < -0.4 is 5.73 Å². The van der Waals surface area contributed by atoms with Crippen LogP contribution in [0.1, 0.15) is 13.3 Å². The Hall–Kier alpha value is -0.480. The van der Waals surface area contributed by atoms with Crippen LogP contribution in [0, 0.1) is 0 Å². The Morgan fingerprint density at radius 1 is 1.77 bits per heavy atom. The molecule has 0 aliphatic heterocycles. The van der Waals surface area contributed by atoms with Crippen LogP contribution in [-0.4, -0.2) is 30.1 Å². The van der Waals surface area contributed by atoms with Gasteiger partial charge in [-0.15, -0.1) is 6.58 Å². The second-order valence-corrected chi connectivity index (χ2v) is 3.66. The summed E-state index contributed by atoms with van der Waals surface area (Å²) >= 11 is 1.71. The number of hydrogen-bond acceptors (Lipinski definition) is 4. The second kappa shape index (κ2) is 8.13. The molecule has 0 amide bonds. The molecule has 2 N–H and O–H groups in total. The van der Waals surface area contributed by atoms with Crippen molar-refractivity contribution in [3.05, 3.63) is 12.7 Å². The average molecular weight is 203 g/mol. The molecule has 0 saturated carbocycles. The van der Waals surface area contributed by atoms with Gasteiger partial charge in [-0.1, -0.05) is 6.08 Å². The summed E-state index contributed by atoms with van der Waals surface area (Å²) in [6, 6.07) is -0.475. The molecule has 1 atom stereocenters. The lowest BCUT2D eigenvalue weighted by Crippen LogP contribution is -2.32. The molecule has 0 aromatic carbocycles. The molecule has 0 aliphatic carbocycles. The van der Waals surface area contributed by atoms with Gasteiger partial charge in [-0.05, 0) is 19.1 Å². The molecular weight excluding hydrogens is 186 g/mol. The highest BCUT2D eigenvalue weighted by atomic mass is 32.2. The number of esters is 1. The first-order valence-electron chi connectivity index (χ1n) is 4.33. The Labute approximate surface area is 83.7 Å². The molecule has 0 aliphatic rings. The monoisotopic (exact) mass is 203 g/mol. The van der Waals surface area contributed by atoms with Crippen LogP contribution in [0.5, 0.6) is 0 Å². The van der Waals surface area contributed by atoms with Crippen LogP contribution in [0.4, 0.5) is 0 Å². The number of rotatable bonds is 7. The smallest absolute Gasteiger partial charge is 0.322 e. The highest BCUT2D eigenvalue weighted by molar-refractivity contribution is 7.99. The fraction of sp³-hybridized carbons (Fsp3) is 0.667. The number of hydrogen-bond donors (Lipinski definition) is 1. The molecule has 0 bridgehead atoms. The van der Waals surface area contributed by atoms with E-state index in [0.717, 1.165) is 11.5 Å². The summed E-state index contributed by atoms with van der Waals surface area (Å²) in [4.78, 5) is 11.0. The third-order valence-electron chi connectivity index (χ3n) is 1.40. The summed E-state index contributed by atoms with van der Waals surface area (Å²) in [7, 11) is 0. The minimum absolute atomic E-state index is 0.304. The van der Waals surface area contributed by atoms with E-state index >= 15 is 0 Å². The van der Waals surface area contributed by atoms with Crippen molar-refractivity contribution in [2.24, 2.45) is 5.73 Å². The fourth-order valence-electron chi connectivity index (χ4n) is 0.744. The minimum atomic E-state index is -0.475. The number of ether oxygens (including phenoxy) is 1. The van der Waals surface area contributed by atoms with Crippen molar-refractivity contribution in [3.8, 4) is 0 Å². The lowest BCUT2D eigenvalue weighted by molar-refractivity contribution is -0.144. The normalized spacial score (nSPS) is 12.2. The van der Waals surface area contributed by atoms with Crippen molar-refractivity contribution in [2.75, 3.05) is 18.1 Å². The lowest BCUT2D eigenvalue weighted by atomic mass is 10.2. The van der Waals surface area contributed by atoms with Crippen LogP contribution >= 0.6 is 11.8 Å². The molecule has 0 saturated heterocycles. The van der Waals surface area contributed by atoms with Crippen molar-refractivity contribution >= 4 is 17.7 Å². The molecule has 13 heavy (non-hydrogen) atoms. The van der Waals surface area contributed by atoms with Crippen molar-refractivity contribution in [2.45, 2.75) is 19.4 Å². The molecule has 0 radical (unpaired) electrons. The van der Waals surface area contributed by atoms with Crippen LogP contribution in [0.3, 0.4) is 0 Å². The zero-order valence-electron chi connectivity index (χ0n) is 7.99. The highest BCUT2D eigenvalue weighted by Gasteiger charge is 2.13. The number of nitrogens with two attached hydrogens (primary N) is 1. The summed E-state index contributed by atoms with van der Waals surface area (Å²) in [5.74, 6) is 1.46. The van der Waals surface area contributed by atoms with E-state index in [0.29, 0.717) is 13.0 Å². The van der Waals surface area contributed by atoms with E-state index in [9.17, 15) is 4.79 Å². The third-order valence-corrected chi connectivity index (χ3v) is 2.39. The fourth-order valence-corrected chi connectivity index (χ4v) is 1.50. The van der Waals surface area contributed by atoms with Gasteiger partial charge in [-0.3, -0.25) is 4.79 Å². The molecule has 3 nitrogen and oxygen atoms in total. The van der Waals surface area contributed by atoms with Gasteiger partial charge < -0.3 is 10.5 Å². The predicted molar refractivity (Wildman–Crippen MR) is 56.7 cm³/mol. The van der Waals surface area contributed by atoms with Crippen molar-refractivity contribution in [3.63, 3.8) is 0 Å². The first kappa shape index (κ1) is 12.5. The average Bonchev–Trinajstić information content (AvgIpc) is 2.12. The molecule has 0 spiro atoms. The maximum Gasteiger partial charge on any atom is 0.322 e. The van der Waals surface area contributed by atoms with Crippen molar-refractivity contribution in [1.29, 1.82) is 0 Å². The molecule has 0 rings (SSSR count).